The van der Waals surface area contributed by atoms with Gasteiger partial charge in [0.05, 0.1) is 17.1 Å². The average Bonchev–Trinajstić information content (AvgIpc) is 2.85. The molecule has 1 fully saturated rings. The van der Waals surface area contributed by atoms with Gasteiger partial charge in [-0.2, -0.15) is 0 Å². The average molecular weight is 328 g/mol. The van der Waals surface area contributed by atoms with Crippen LogP contribution in [-0.2, 0) is 4.79 Å². The maximum Gasteiger partial charge on any atom is 0.236 e. The van der Waals surface area contributed by atoms with Gasteiger partial charge in [-0.15, -0.1) is 0 Å². The summed E-state index contributed by atoms with van der Waals surface area (Å²) in [5, 5.41) is 3.09. The molecule has 2 rings (SSSR count). The van der Waals surface area contributed by atoms with Crippen LogP contribution in [0.1, 0.15) is 38.8 Å². The minimum atomic E-state index is -0.560. The van der Waals surface area contributed by atoms with Gasteiger partial charge in [-0.3, -0.25) is 9.69 Å². The highest BCUT2D eigenvalue weighted by molar-refractivity contribution is 6.30. The van der Waals surface area contributed by atoms with E-state index in [1.54, 1.807) is 13.0 Å². The van der Waals surface area contributed by atoms with Crippen LogP contribution in [0.4, 0.5) is 4.39 Å². The Morgan fingerprint density at radius 3 is 2.68 bits per heavy atom. The quantitative estimate of drug-likeness (QED) is 0.893. The van der Waals surface area contributed by atoms with Crippen LogP contribution in [0.25, 0.3) is 0 Å². The number of hydrogen-bond acceptors (Lipinski definition) is 3. The first-order valence-corrected chi connectivity index (χ1v) is 7.95. The molecule has 122 valence electrons. The normalized spacial score (nSPS) is 23.8. The molecule has 1 aromatic rings. The molecule has 0 aliphatic carbocycles. The highest BCUT2D eigenvalue weighted by Gasteiger charge is 2.37. The number of nitrogens with zero attached hydrogens (tertiary/aromatic N) is 1. The van der Waals surface area contributed by atoms with Gasteiger partial charge in [-0.25, -0.2) is 4.39 Å². The number of nitrogens with two attached hydrogens (primary N) is 1. The molecule has 0 radical (unpaired) electrons. The van der Waals surface area contributed by atoms with Gasteiger partial charge >= 0.3 is 0 Å². The third kappa shape index (κ3) is 3.59. The van der Waals surface area contributed by atoms with Crippen LogP contribution in [0.3, 0.4) is 0 Å². The topological polar surface area (TPSA) is 58.4 Å². The van der Waals surface area contributed by atoms with Crippen molar-refractivity contribution in [2.24, 2.45) is 5.73 Å². The van der Waals surface area contributed by atoms with E-state index in [2.05, 4.69) is 24.1 Å². The molecule has 1 saturated heterocycles. The van der Waals surface area contributed by atoms with Crippen LogP contribution < -0.4 is 11.1 Å². The molecule has 0 spiro atoms. The summed E-state index contributed by atoms with van der Waals surface area (Å²) in [4.78, 5) is 14.2. The zero-order chi connectivity index (χ0) is 16.4. The van der Waals surface area contributed by atoms with Gasteiger partial charge in [0.25, 0.3) is 0 Å². The van der Waals surface area contributed by atoms with E-state index in [1.165, 1.54) is 6.07 Å². The van der Waals surface area contributed by atoms with Crippen LogP contribution in [0.2, 0.25) is 5.02 Å². The van der Waals surface area contributed by atoms with Gasteiger partial charge < -0.3 is 11.1 Å². The fourth-order valence-corrected chi connectivity index (χ4v) is 3.10. The van der Waals surface area contributed by atoms with E-state index in [1.807, 2.05) is 6.07 Å². The SMILES string of the molecule is CC(C)N1CCC(NC(=O)[C@@H](C)N)C1c1ccc(Cl)c(F)c1. The fourth-order valence-electron chi connectivity index (χ4n) is 2.98. The number of likely N-dealkylation sites (tertiary alicyclic amines) is 1. The van der Waals surface area contributed by atoms with E-state index in [9.17, 15) is 9.18 Å². The number of amides is 1. The van der Waals surface area contributed by atoms with Gasteiger partial charge in [0.2, 0.25) is 5.91 Å². The molecule has 3 N–H and O–H groups in total. The Bertz CT molecular complexity index is 550. The van der Waals surface area contributed by atoms with E-state index in [4.69, 9.17) is 17.3 Å². The molecule has 22 heavy (non-hydrogen) atoms. The Labute approximate surface area is 135 Å². The highest BCUT2D eigenvalue weighted by Crippen LogP contribution is 2.35. The molecule has 1 heterocycles. The summed E-state index contributed by atoms with van der Waals surface area (Å²) in [7, 11) is 0. The maximum atomic E-state index is 13.8. The lowest BCUT2D eigenvalue weighted by Crippen LogP contribution is -2.46. The van der Waals surface area contributed by atoms with Gasteiger partial charge in [-0.05, 0) is 44.9 Å². The first-order valence-electron chi connectivity index (χ1n) is 7.58. The van der Waals surface area contributed by atoms with Crippen molar-refractivity contribution in [3.05, 3.63) is 34.6 Å². The standard InChI is InChI=1S/C16H23ClFN3O/c1-9(2)21-7-6-14(20-16(22)10(3)19)15(21)11-4-5-12(17)13(18)8-11/h4-5,8-10,14-15H,6-7,19H2,1-3H3,(H,20,22)/t10-,14?,15?/m1/s1. The van der Waals surface area contributed by atoms with Gasteiger partial charge in [-0.1, -0.05) is 17.7 Å². The third-order valence-corrected chi connectivity index (χ3v) is 4.43. The van der Waals surface area contributed by atoms with Crippen LogP contribution >= 0.6 is 11.6 Å². The molecule has 1 amide bonds. The van der Waals surface area contributed by atoms with Crippen molar-refractivity contribution in [2.75, 3.05) is 6.54 Å². The van der Waals surface area contributed by atoms with E-state index in [0.29, 0.717) is 6.04 Å². The van der Waals surface area contributed by atoms with Crippen molar-refractivity contribution in [3.63, 3.8) is 0 Å². The van der Waals surface area contributed by atoms with Crippen molar-refractivity contribution in [1.82, 2.24) is 10.2 Å². The minimum Gasteiger partial charge on any atom is -0.350 e. The summed E-state index contributed by atoms with van der Waals surface area (Å²) in [5.41, 5.74) is 6.46. The number of halogens is 2. The Balaban J connectivity index is 2.30. The van der Waals surface area contributed by atoms with Crippen molar-refractivity contribution in [2.45, 2.75) is 51.4 Å². The number of carbonyl (C=O) groups excluding carboxylic acids is 1. The minimum absolute atomic E-state index is 0.0746. The lowest BCUT2D eigenvalue weighted by molar-refractivity contribution is -0.122. The van der Waals surface area contributed by atoms with Gasteiger partial charge in [0.15, 0.2) is 0 Å². The maximum absolute atomic E-state index is 13.8. The molecule has 0 aromatic heterocycles. The van der Waals surface area contributed by atoms with E-state index in [0.717, 1.165) is 18.5 Å². The monoisotopic (exact) mass is 327 g/mol. The number of carbonyl (C=O) groups is 1. The van der Waals surface area contributed by atoms with Crippen LogP contribution in [0.15, 0.2) is 18.2 Å². The predicted octanol–water partition coefficient (Wildman–Crippen LogP) is 2.47. The number of benzene rings is 1. The summed E-state index contributed by atoms with van der Waals surface area (Å²) in [5.74, 6) is -0.623. The summed E-state index contributed by atoms with van der Waals surface area (Å²) < 4.78 is 13.8. The van der Waals surface area contributed by atoms with Crippen LogP contribution in [0.5, 0.6) is 0 Å². The molecular formula is C16H23ClFN3O. The molecular weight excluding hydrogens is 305 g/mol. The summed E-state index contributed by atoms with van der Waals surface area (Å²) in [6, 6.07) is 4.42. The first-order chi connectivity index (χ1) is 10.3. The van der Waals surface area contributed by atoms with Crippen LogP contribution in [-0.4, -0.2) is 35.5 Å². The molecule has 6 heteroatoms. The number of hydrogen-bond donors (Lipinski definition) is 2. The Hall–Kier alpha value is -1.17. The highest BCUT2D eigenvalue weighted by atomic mass is 35.5. The van der Waals surface area contributed by atoms with Crippen molar-refractivity contribution in [1.29, 1.82) is 0 Å². The lowest BCUT2D eigenvalue weighted by atomic mass is 9.99. The van der Waals surface area contributed by atoms with E-state index < -0.39 is 11.9 Å². The molecule has 1 aliphatic rings. The number of rotatable bonds is 4. The zero-order valence-electron chi connectivity index (χ0n) is 13.1. The molecule has 0 bridgehead atoms. The van der Waals surface area contributed by atoms with Gasteiger partial charge in [0, 0.05) is 18.6 Å². The molecule has 1 aliphatic heterocycles. The van der Waals surface area contributed by atoms with Crippen molar-refractivity contribution < 1.29 is 9.18 Å². The second kappa shape index (κ2) is 6.94. The predicted molar refractivity (Wildman–Crippen MR) is 86.2 cm³/mol. The summed E-state index contributed by atoms with van der Waals surface area (Å²) in [6.45, 7) is 6.68. The first kappa shape index (κ1) is 17.2. The molecule has 0 saturated carbocycles. The fraction of sp³-hybridized carbons (Fsp3) is 0.562. The van der Waals surface area contributed by atoms with Gasteiger partial charge in [0.1, 0.15) is 5.82 Å². The third-order valence-electron chi connectivity index (χ3n) is 4.13. The van der Waals surface area contributed by atoms with Crippen molar-refractivity contribution >= 4 is 17.5 Å². The zero-order valence-corrected chi connectivity index (χ0v) is 13.9. The summed E-state index contributed by atoms with van der Waals surface area (Å²) in [6.07, 6.45) is 0.811. The van der Waals surface area contributed by atoms with Crippen LogP contribution in [0, 0.1) is 5.82 Å². The van der Waals surface area contributed by atoms with E-state index >= 15 is 0 Å². The Morgan fingerprint density at radius 2 is 2.14 bits per heavy atom. The smallest absolute Gasteiger partial charge is 0.236 e. The second-order valence-electron chi connectivity index (χ2n) is 6.14. The summed E-state index contributed by atoms with van der Waals surface area (Å²) >= 11 is 5.77. The van der Waals surface area contributed by atoms with E-state index in [-0.39, 0.29) is 23.0 Å². The largest absolute Gasteiger partial charge is 0.350 e. The Kier molecular flexibility index (Phi) is 5.42. The number of nitrogens with one attached hydrogen (secondary N) is 1. The lowest BCUT2D eigenvalue weighted by Gasteiger charge is -2.32. The van der Waals surface area contributed by atoms with Crippen molar-refractivity contribution in [3.8, 4) is 0 Å². The molecule has 3 atom stereocenters. The molecule has 1 aromatic carbocycles. The Morgan fingerprint density at radius 1 is 1.45 bits per heavy atom. The molecule has 2 unspecified atom stereocenters. The second-order valence-corrected chi connectivity index (χ2v) is 6.55. The molecule has 4 nitrogen and oxygen atoms in total.